The van der Waals surface area contributed by atoms with E-state index >= 15 is 0 Å². The molecule has 0 bridgehead atoms. The van der Waals surface area contributed by atoms with Gasteiger partial charge in [-0.2, -0.15) is 0 Å². The SMILES string of the molecule is CC(Cn1c(N)nc2cc(I)ccc21)N1CCCC1. The van der Waals surface area contributed by atoms with Crippen LogP contribution in [0.3, 0.4) is 0 Å². The molecule has 0 aliphatic carbocycles. The normalized spacial score (nSPS) is 18.2. The third-order valence-corrected chi connectivity index (χ3v) is 4.62. The van der Waals surface area contributed by atoms with Crippen LogP contribution in [0.5, 0.6) is 0 Å². The molecule has 1 unspecified atom stereocenters. The quantitative estimate of drug-likeness (QED) is 0.846. The summed E-state index contributed by atoms with van der Waals surface area (Å²) < 4.78 is 3.34. The Labute approximate surface area is 127 Å². The highest BCUT2D eigenvalue weighted by Crippen LogP contribution is 2.22. The Morgan fingerprint density at radius 1 is 1.37 bits per heavy atom. The number of hydrogen-bond acceptors (Lipinski definition) is 3. The minimum Gasteiger partial charge on any atom is -0.369 e. The van der Waals surface area contributed by atoms with E-state index in [1.165, 1.54) is 29.5 Å². The molecule has 19 heavy (non-hydrogen) atoms. The molecule has 1 aliphatic heterocycles. The van der Waals surface area contributed by atoms with Gasteiger partial charge in [0.2, 0.25) is 5.95 Å². The van der Waals surface area contributed by atoms with E-state index in [0.717, 1.165) is 17.6 Å². The monoisotopic (exact) mass is 370 g/mol. The van der Waals surface area contributed by atoms with Gasteiger partial charge in [0.1, 0.15) is 0 Å². The van der Waals surface area contributed by atoms with Crippen molar-refractivity contribution in [2.75, 3.05) is 18.8 Å². The average molecular weight is 370 g/mol. The maximum atomic E-state index is 6.08. The van der Waals surface area contributed by atoms with Crippen molar-refractivity contribution < 1.29 is 0 Å². The molecular weight excluding hydrogens is 351 g/mol. The third-order valence-electron chi connectivity index (χ3n) is 3.95. The van der Waals surface area contributed by atoms with Gasteiger partial charge < -0.3 is 10.3 Å². The lowest BCUT2D eigenvalue weighted by molar-refractivity contribution is 0.238. The van der Waals surface area contributed by atoms with Crippen LogP contribution in [0.1, 0.15) is 19.8 Å². The molecule has 2 heterocycles. The van der Waals surface area contributed by atoms with Gasteiger partial charge >= 0.3 is 0 Å². The molecule has 1 atom stereocenters. The van der Waals surface area contributed by atoms with Crippen molar-refractivity contribution in [2.24, 2.45) is 0 Å². The maximum Gasteiger partial charge on any atom is 0.201 e. The Bertz CT molecular complexity index is 586. The second kappa shape index (κ2) is 5.28. The summed E-state index contributed by atoms with van der Waals surface area (Å²) in [6.45, 7) is 5.63. The maximum absolute atomic E-state index is 6.08. The van der Waals surface area contributed by atoms with Gasteiger partial charge in [0.25, 0.3) is 0 Å². The molecule has 3 rings (SSSR count). The number of nitrogens with zero attached hydrogens (tertiary/aromatic N) is 3. The van der Waals surface area contributed by atoms with Crippen molar-refractivity contribution >= 4 is 39.6 Å². The number of benzene rings is 1. The number of fused-ring (bicyclic) bond motifs is 1. The third kappa shape index (κ3) is 2.58. The van der Waals surface area contributed by atoms with Crippen LogP contribution in [0.15, 0.2) is 18.2 Å². The zero-order chi connectivity index (χ0) is 13.4. The van der Waals surface area contributed by atoms with Crippen LogP contribution in [0, 0.1) is 3.57 Å². The topological polar surface area (TPSA) is 47.1 Å². The van der Waals surface area contributed by atoms with E-state index in [0.29, 0.717) is 12.0 Å². The number of anilines is 1. The first-order chi connectivity index (χ1) is 9.15. The summed E-state index contributed by atoms with van der Waals surface area (Å²) in [5.74, 6) is 0.628. The summed E-state index contributed by atoms with van der Waals surface area (Å²) in [4.78, 5) is 7.01. The Balaban J connectivity index is 1.89. The van der Waals surface area contributed by atoms with Gasteiger partial charge in [-0.1, -0.05) is 0 Å². The zero-order valence-electron chi connectivity index (χ0n) is 11.1. The van der Waals surface area contributed by atoms with Crippen molar-refractivity contribution in [1.82, 2.24) is 14.5 Å². The number of rotatable bonds is 3. The predicted molar refractivity (Wildman–Crippen MR) is 87.1 cm³/mol. The molecule has 5 heteroatoms. The number of hydrogen-bond donors (Lipinski definition) is 1. The number of likely N-dealkylation sites (tertiary alicyclic amines) is 1. The van der Waals surface area contributed by atoms with E-state index in [4.69, 9.17) is 5.73 Å². The van der Waals surface area contributed by atoms with Gasteiger partial charge in [-0.25, -0.2) is 4.98 Å². The average Bonchev–Trinajstić information content (AvgIpc) is 2.98. The van der Waals surface area contributed by atoms with Crippen molar-refractivity contribution in [1.29, 1.82) is 0 Å². The van der Waals surface area contributed by atoms with Gasteiger partial charge in [0.15, 0.2) is 0 Å². The molecule has 0 radical (unpaired) electrons. The van der Waals surface area contributed by atoms with Gasteiger partial charge in [-0.15, -0.1) is 0 Å². The Kier molecular flexibility index (Phi) is 3.66. The fourth-order valence-electron chi connectivity index (χ4n) is 2.88. The molecule has 2 N–H and O–H groups in total. The summed E-state index contributed by atoms with van der Waals surface area (Å²) >= 11 is 2.31. The van der Waals surface area contributed by atoms with Crippen molar-refractivity contribution in [3.63, 3.8) is 0 Å². The molecule has 1 aliphatic rings. The number of nitrogens with two attached hydrogens (primary N) is 1. The Hall–Kier alpha value is -0.820. The molecule has 0 saturated carbocycles. The summed E-state index contributed by atoms with van der Waals surface area (Å²) in [6, 6.07) is 6.84. The summed E-state index contributed by atoms with van der Waals surface area (Å²) in [5.41, 5.74) is 8.22. The highest BCUT2D eigenvalue weighted by molar-refractivity contribution is 14.1. The lowest BCUT2D eigenvalue weighted by Crippen LogP contribution is -2.33. The standard InChI is InChI=1S/C14H19IN4/c1-10(18-6-2-3-7-18)9-19-13-5-4-11(15)8-12(13)17-14(19)16/h4-5,8,10H,2-3,6-7,9H2,1H3,(H2,16,17). The van der Waals surface area contributed by atoms with Crippen LogP contribution in [0.2, 0.25) is 0 Å². The van der Waals surface area contributed by atoms with Crippen LogP contribution in [-0.4, -0.2) is 33.6 Å². The first-order valence-corrected chi connectivity index (χ1v) is 7.88. The largest absolute Gasteiger partial charge is 0.369 e. The van der Waals surface area contributed by atoms with Crippen molar-refractivity contribution in [3.05, 3.63) is 21.8 Å². The molecule has 1 aromatic carbocycles. The van der Waals surface area contributed by atoms with E-state index in [1.807, 2.05) is 0 Å². The van der Waals surface area contributed by atoms with E-state index in [9.17, 15) is 0 Å². The number of nitrogen functional groups attached to an aromatic ring is 1. The van der Waals surface area contributed by atoms with Gasteiger partial charge in [0, 0.05) is 16.2 Å². The highest BCUT2D eigenvalue weighted by atomic mass is 127. The lowest BCUT2D eigenvalue weighted by atomic mass is 10.2. The summed E-state index contributed by atoms with van der Waals surface area (Å²) in [5, 5.41) is 0. The summed E-state index contributed by atoms with van der Waals surface area (Å²) in [7, 11) is 0. The zero-order valence-corrected chi connectivity index (χ0v) is 13.3. The first-order valence-electron chi connectivity index (χ1n) is 6.80. The number of imidazole rings is 1. The molecule has 102 valence electrons. The van der Waals surface area contributed by atoms with E-state index in [2.05, 4.69) is 62.2 Å². The van der Waals surface area contributed by atoms with E-state index in [-0.39, 0.29) is 0 Å². The lowest BCUT2D eigenvalue weighted by Gasteiger charge is -2.24. The van der Waals surface area contributed by atoms with Gasteiger partial charge in [-0.3, -0.25) is 4.90 Å². The molecule has 2 aromatic rings. The number of aromatic nitrogens is 2. The Morgan fingerprint density at radius 2 is 2.11 bits per heavy atom. The van der Waals surface area contributed by atoms with Crippen LogP contribution in [0.4, 0.5) is 5.95 Å². The molecule has 0 amide bonds. The minimum atomic E-state index is 0.515. The fourth-order valence-corrected chi connectivity index (χ4v) is 3.35. The minimum absolute atomic E-state index is 0.515. The molecule has 4 nitrogen and oxygen atoms in total. The second-order valence-corrected chi connectivity index (χ2v) is 6.55. The second-order valence-electron chi connectivity index (χ2n) is 5.31. The first kappa shape index (κ1) is 13.2. The Morgan fingerprint density at radius 3 is 2.84 bits per heavy atom. The van der Waals surface area contributed by atoms with E-state index < -0.39 is 0 Å². The van der Waals surface area contributed by atoms with Crippen LogP contribution >= 0.6 is 22.6 Å². The van der Waals surface area contributed by atoms with E-state index in [1.54, 1.807) is 0 Å². The molecule has 1 fully saturated rings. The molecule has 1 aromatic heterocycles. The van der Waals surface area contributed by atoms with Crippen molar-refractivity contribution in [2.45, 2.75) is 32.4 Å². The fraction of sp³-hybridized carbons (Fsp3) is 0.500. The predicted octanol–water partition coefficient (Wildman–Crippen LogP) is 2.71. The highest BCUT2D eigenvalue weighted by Gasteiger charge is 2.20. The van der Waals surface area contributed by atoms with Crippen LogP contribution < -0.4 is 5.73 Å². The van der Waals surface area contributed by atoms with Crippen LogP contribution in [-0.2, 0) is 6.54 Å². The molecule has 1 saturated heterocycles. The van der Waals surface area contributed by atoms with Crippen molar-refractivity contribution in [3.8, 4) is 0 Å². The smallest absolute Gasteiger partial charge is 0.201 e. The molecular formula is C14H19IN4. The van der Waals surface area contributed by atoms with Crippen LogP contribution in [0.25, 0.3) is 11.0 Å². The van der Waals surface area contributed by atoms with Gasteiger partial charge in [-0.05, 0) is 73.6 Å². The summed E-state index contributed by atoms with van der Waals surface area (Å²) in [6.07, 6.45) is 2.64. The van der Waals surface area contributed by atoms with Gasteiger partial charge in [0.05, 0.1) is 11.0 Å². The number of halogens is 1. The molecule has 0 spiro atoms.